The highest BCUT2D eigenvalue weighted by atomic mass is 35.5. The van der Waals surface area contributed by atoms with Gasteiger partial charge < -0.3 is 18.9 Å². The maximum Gasteiger partial charge on any atom is 0.338 e. The topological polar surface area (TPSA) is 88.4 Å². The number of thiazole rings is 1. The second-order valence-corrected chi connectivity index (χ2v) is 9.46. The molecule has 194 valence electrons. The zero-order chi connectivity index (χ0) is 26.7. The van der Waals surface area contributed by atoms with Gasteiger partial charge in [0, 0.05) is 0 Å². The average molecular weight is 543 g/mol. The Balaban J connectivity index is 1.94. The van der Waals surface area contributed by atoms with Gasteiger partial charge >= 0.3 is 5.97 Å². The van der Waals surface area contributed by atoms with E-state index in [4.69, 9.17) is 30.5 Å². The van der Waals surface area contributed by atoms with Gasteiger partial charge in [0.2, 0.25) is 0 Å². The molecule has 37 heavy (non-hydrogen) atoms. The Morgan fingerprint density at radius 1 is 1.08 bits per heavy atom. The monoisotopic (exact) mass is 542 g/mol. The van der Waals surface area contributed by atoms with Crippen molar-refractivity contribution in [2.24, 2.45) is 4.99 Å². The van der Waals surface area contributed by atoms with Gasteiger partial charge in [-0.05, 0) is 62.2 Å². The van der Waals surface area contributed by atoms with Crippen LogP contribution in [0.15, 0.2) is 57.5 Å². The highest BCUT2D eigenvalue weighted by molar-refractivity contribution is 7.07. The summed E-state index contributed by atoms with van der Waals surface area (Å²) in [5.74, 6) is 1.07. The fraction of sp³-hybridized carbons (Fsp3) is 0.296. The molecule has 2 heterocycles. The van der Waals surface area contributed by atoms with Crippen LogP contribution in [0.4, 0.5) is 0 Å². The lowest BCUT2D eigenvalue weighted by Crippen LogP contribution is -2.40. The minimum atomic E-state index is -0.762. The van der Waals surface area contributed by atoms with E-state index in [0.717, 1.165) is 5.56 Å². The molecule has 0 fully saturated rings. The normalized spacial score (nSPS) is 15.2. The Morgan fingerprint density at radius 3 is 2.46 bits per heavy atom. The number of esters is 1. The van der Waals surface area contributed by atoms with Crippen molar-refractivity contribution >= 4 is 35.0 Å². The number of hydrogen-bond donors (Lipinski definition) is 0. The van der Waals surface area contributed by atoms with Gasteiger partial charge in [-0.3, -0.25) is 9.36 Å². The van der Waals surface area contributed by atoms with Crippen LogP contribution in [-0.4, -0.2) is 38.0 Å². The van der Waals surface area contributed by atoms with E-state index in [-0.39, 0.29) is 12.2 Å². The molecule has 4 rings (SSSR count). The number of ether oxygens (including phenoxy) is 4. The molecule has 0 bridgehead atoms. The van der Waals surface area contributed by atoms with Crippen LogP contribution in [0, 0.1) is 0 Å². The maximum atomic E-state index is 13.8. The molecule has 1 aliphatic rings. The lowest BCUT2D eigenvalue weighted by atomic mass is 9.95. The molecule has 1 atom stereocenters. The number of rotatable bonds is 8. The van der Waals surface area contributed by atoms with Crippen LogP contribution in [0.5, 0.6) is 17.2 Å². The highest BCUT2D eigenvalue weighted by Crippen LogP contribution is 2.36. The first-order chi connectivity index (χ1) is 17.8. The van der Waals surface area contributed by atoms with E-state index in [9.17, 15) is 9.59 Å². The van der Waals surface area contributed by atoms with Gasteiger partial charge in [-0.1, -0.05) is 35.1 Å². The van der Waals surface area contributed by atoms with Gasteiger partial charge in [-0.2, -0.15) is 0 Å². The number of fused-ring (bicyclic) bond motifs is 1. The number of carbonyl (C=O) groups excluding carboxylic acids is 1. The number of benzene rings is 2. The molecule has 3 aromatic rings. The first-order valence-corrected chi connectivity index (χ1v) is 12.9. The Bertz CT molecular complexity index is 1560. The lowest BCUT2D eigenvalue weighted by molar-refractivity contribution is -0.139. The molecule has 0 amide bonds. The fourth-order valence-electron chi connectivity index (χ4n) is 4.16. The molecule has 0 saturated heterocycles. The number of halogens is 1. The number of allylic oxidation sites excluding steroid dienone is 1. The molecule has 1 unspecified atom stereocenters. The summed E-state index contributed by atoms with van der Waals surface area (Å²) in [4.78, 5) is 31.9. The van der Waals surface area contributed by atoms with E-state index in [2.05, 4.69) is 4.99 Å². The summed E-state index contributed by atoms with van der Waals surface area (Å²) in [6, 6.07) is 9.87. The Kier molecular flexibility index (Phi) is 8.04. The van der Waals surface area contributed by atoms with Crippen molar-refractivity contribution < 1.29 is 23.7 Å². The maximum absolute atomic E-state index is 13.8. The Hall–Kier alpha value is -3.56. The molecule has 0 N–H and O–H groups in total. The summed E-state index contributed by atoms with van der Waals surface area (Å²) in [7, 11) is 3.10. The summed E-state index contributed by atoms with van der Waals surface area (Å²) >= 11 is 7.52. The SMILES string of the molecule is CCOC(=O)C1=C(C)N=c2s/c(=C/c3ccc(OC)c(Cl)c3)c(=O)n2C1c1ccc(OC)c(OCC)c1. The van der Waals surface area contributed by atoms with Gasteiger partial charge in [0.1, 0.15) is 5.75 Å². The van der Waals surface area contributed by atoms with E-state index < -0.39 is 12.0 Å². The van der Waals surface area contributed by atoms with Crippen molar-refractivity contribution in [1.82, 2.24) is 4.57 Å². The van der Waals surface area contributed by atoms with E-state index >= 15 is 0 Å². The van der Waals surface area contributed by atoms with Crippen LogP contribution in [0.2, 0.25) is 5.02 Å². The van der Waals surface area contributed by atoms with Gasteiger partial charge in [0.05, 0.1) is 54.3 Å². The zero-order valence-electron chi connectivity index (χ0n) is 21.2. The first-order valence-electron chi connectivity index (χ1n) is 11.7. The first kappa shape index (κ1) is 26.5. The molecule has 1 aliphatic heterocycles. The molecule has 0 radical (unpaired) electrons. The van der Waals surface area contributed by atoms with Crippen LogP contribution in [0.3, 0.4) is 0 Å². The quantitative estimate of drug-likeness (QED) is 0.402. The minimum Gasteiger partial charge on any atom is -0.495 e. The van der Waals surface area contributed by atoms with Crippen LogP contribution >= 0.6 is 22.9 Å². The van der Waals surface area contributed by atoms with Gasteiger partial charge in [0.15, 0.2) is 16.3 Å². The molecular weight excluding hydrogens is 516 g/mol. The number of methoxy groups -OCH3 is 2. The molecule has 1 aromatic heterocycles. The summed E-state index contributed by atoms with van der Waals surface area (Å²) in [5.41, 5.74) is 1.89. The minimum absolute atomic E-state index is 0.192. The molecule has 8 nitrogen and oxygen atoms in total. The summed E-state index contributed by atoms with van der Waals surface area (Å²) in [6.07, 6.45) is 1.75. The molecular formula is C27H27ClN2O6S. The number of nitrogens with zero attached hydrogens (tertiary/aromatic N) is 2. The third-order valence-corrected chi connectivity index (χ3v) is 7.07. The lowest BCUT2D eigenvalue weighted by Gasteiger charge is -2.25. The summed E-state index contributed by atoms with van der Waals surface area (Å²) in [6.45, 7) is 5.96. The summed E-state index contributed by atoms with van der Waals surface area (Å²) < 4.78 is 23.7. The third-order valence-electron chi connectivity index (χ3n) is 5.79. The van der Waals surface area contributed by atoms with Gasteiger partial charge in [-0.25, -0.2) is 9.79 Å². The van der Waals surface area contributed by atoms with Crippen molar-refractivity contribution in [2.75, 3.05) is 27.4 Å². The predicted molar refractivity (Wildman–Crippen MR) is 143 cm³/mol. The van der Waals surface area contributed by atoms with Crippen molar-refractivity contribution in [3.05, 3.63) is 83.5 Å². The smallest absolute Gasteiger partial charge is 0.338 e. The Morgan fingerprint density at radius 2 is 1.81 bits per heavy atom. The third kappa shape index (κ3) is 5.14. The molecule has 0 saturated carbocycles. The standard InChI is InChI=1S/C27H27ClN2O6S/c1-6-35-21-14-17(9-11-20(21)34-5)24-23(26(32)36-7-2)15(3)29-27-30(24)25(31)22(37-27)13-16-8-10-19(33-4)18(28)12-16/h8-14,24H,6-7H2,1-5H3/b22-13+. The van der Waals surface area contributed by atoms with E-state index in [1.165, 1.54) is 15.9 Å². The van der Waals surface area contributed by atoms with Crippen LogP contribution in [0.1, 0.15) is 37.9 Å². The van der Waals surface area contributed by atoms with Crippen molar-refractivity contribution in [3.8, 4) is 17.2 Å². The zero-order valence-corrected chi connectivity index (χ0v) is 22.7. The van der Waals surface area contributed by atoms with Gasteiger partial charge in [-0.15, -0.1) is 0 Å². The summed E-state index contributed by atoms with van der Waals surface area (Å²) in [5, 5.41) is 0.434. The fourth-order valence-corrected chi connectivity index (χ4v) is 5.48. The molecule has 0 spiro atoms. The van der Waals surface area contributed by atoms with E-state index in [0.29, 0.717) is 55.0 Å². The average Bonchev–Trinajstić information content (AvgIpc) is 3.17. The van der Waals surface area contributed by atoms with E-state index in [1.54, 1.807) is 58.4 Å². The Labute approximate surface area is 223 Å². The van der Waals surface area contributed by atoms with E-state index in [1.807, 2.05) is 19.1 Å². The highest BCUT2D eigenvalue weighted by Gasteiger charge is 2.34. The molecule has 0 aliphatic carbocycles. The van der Waals surface area contributed by atoms with Crippen molar-refractivity contribution in [3.63, 3.8) is 0 Å². The van der Waals surface area contributed by atoms with Crippen molar-refractivity contribution in [1.29, 1.82) is 0 Å². The van der Waals surface area contributed by atoms with Crippen LogP contribution in [-0.2, 0) is 9.53 Å². The number of aromatic nitrogens is 1. The van der Waals surface area contributed by atoms with Gasteiger partial charge in [0.25, 0.3) is 5.56 Å². The second kappa shape index (κ2) is 11.2. The molecule has 10 heteroatoms. The number of carbonyl (C=O) groups is 1. The van der Waals surface area contributed by atoms with Crippen LogP contribution in [0.25, 0.3) is 6.08 Å². The van der Waals surface area contributed by atoms with Crippen LogP contribution < -0.4 is 29.1 Å². The van der Waals surface area contributed by atoms with Crippen molar-refractivity contribution in [2.45, 2.75) is 26.8 Å². The predicted octanol–water partition coefficient (Wildman–Crippen LogP) is 3.87. The molecule has 2 aromatic carbocycles. The number of hydrogen-bond acceptors (Lipinski definition) is 8. The second-order valence-electron chi connectivity index (χ2n) is 8.04. The largest absolute Gasteiger partial charge is 0.495 e.